The molecule has 0 saturated carbocycles. The Labute approximate surface area is 194 Å². The number of anilines is 1. The van der Waals surface area contributed by atoms with E-state index in [1.807, 2.05) is 6.07 Å². The van der Waals surface area contributed by atoms with Crippen molar-refractivity contribution >= 4 is 46.8 Å². The summed E-state index contributed by atoms with van der Waals surface area (Å²) in [6.07, 6.45) is 1.52. The zero-order chi connectivity index (χ0) is 22.7. The summed E-state index contributed by atoms with van der Waals surface area (Å²) >= 11 is 12.2. The first-order chi connectivity index (χ1) is 15.5. The van der Waals surface area contributed by atoms with E-state index in [9.17, 15) is 9.59 Å². The number of hydrogen-bond acceptors (Lipinski definition) is 4. The van der Waals surface area contributed by atoms with Crippen molar-refractivity contribution in [3.8, 4) is 11.5 Å². The fourth-order valence-corrected chi connectivity index (χ4v) is 3.64. The summed E-state index contributed by atoms with van der Waals surface area (Å²) in [6.45, 7) is 0.188. The van der Waals surface area contributed by atoms with Crippen LogP contribution in [0.4, 0.5) is 5.69 Å². The summed E-state index contributed by atoms with van der Waals surface area (Å²) in [4.78, 5) is 25.2. The second-order valence-electron chi connectivity index (χ2n) is 6.91. The Kier molecular flexibility index (Phi) is 6.35. The largest absolute Gasteiger partial charge is 0.493 e. The second kappa shape index (κ2) is 9.34. The predicted molar refractivity (Wildman–Crippen MR) is 124 cm³/mol. The quantitative estimate of drug-likeness (QED) is 0.406. The smallest absolute Gasteiger partial charge is 0.282 e. The lowest BCUT2D eigenvalue weighted by atomic mass is 10.1. The molecule has 0 aromatic heterocycles. The van der Waals surface area contributed by atoms with Gasteiger partial charge in [0.05, 0.1) is 12.8 Å². The maximum atomic E-state index is 12.8. The number of para-hydroxylation sites is 1. The number of carbonyl (C=O) groups excluding carboxylic acids is 2. The molecule has 0 radical (unpaired) electrons. The van der Waals surface area contributed by atoms with Gasteiger partial charge in [-0.15, -0.1) is 0 Å². The van der Waals surface area contributed by atoms with Crippen molar-refractivity contribution in [3.05, 3.63) is 93.5 Å². The highest BCUT2D eigenvalue weighted by atomic mass is 35.5. The van der Waals surface area contributed by atoms with Crippen LogP contribution in [0.1, 0.15) is 11.1 Å². The van der Waals surface area contributed by atoms with Gasteiger partial charge in [-0.05, 0) is 48.0 Å². The van der Waals surface area contributed by atoms with Crippen LogP contribution in [0, 0.1) is 0 Å². The number of hydrogen-bond donors (Lipinski definition) is 1. The van der Waals surface area contributed by atoms with Crippen LogP contribution in [-0.2, 0) is 16.2 Å². The molecule has 0 bridgehead atoms. The van der Waals surface area contributed by atoms with Gasteiger partial charge in [-0.1, -0.05) is 53.5 Å². The van der Waals surface area contributed by atoms with Crippen molar-refractivity contribution in [1.29, 1.82) is 0 Å². The molecular formula is C24H18Cl2N2O4. The number of methoxy groups -OCH3 is 1. The number of hydrazine groups is 1. The van der Waals surface area contributed by atoms with Gasteiger partial charge in [-0.3, -0.25) is 15.0 Å². The Balaban J connectivity index is 1.58. The van der Waals surface area contributed by atoms with E-state index in [0.717, 1.165) is 5.56 Å². The monoisotopic (exact) mass is 468 g/mol. The Morgan fingerprint density at radius 3 is 2.47 bits per heavy atom. The summed E-state index contributed by atoms with van der Waals surface area (Å²) in [5.41, 5.74) is 4.54. The van der Waals surface area contributed by atoms with Crippen LogP contribution in [0.5, 0.6) is 11.5 Å². The molecule has 6 nitrogen and oxygen atoms in total. The van der Waals surface area contributed by atoms with Gasteiger partial charge in [0.2, 0.25) is 0 Å². The van der Waals surface area contributed by atoms with Gasteiger partial charge in [0.25, 0.3) is 11.8 Å². The number of benzene rings is 3. The molecule has 162 valence electrons. The lowest BCUT2D eigenvalue weighted by Gasteiger charge is -2.14. The Morgan fingerprint density at radius 1 is 0.969 bits per heavy atom. The minimum atomic E-state index is -0.481. The molecule has 0 spiro atoms. The molecule has 1 saturated heterocycles. The molecule has 1 aliphatic heterocycles. The fourth-order valence-electron chi connectivity index (χ4n) is 3.17. The number of nitrogens with one attached hydrogen (secondary N) is 1. The Hall–Kier alpha value is -3.48. The lowest BCUT2D eigenvalue weighted by Crippen LogP contribution is -2.35. The van der Waals surface area contributed by atoms with E-state index in [2.05, 4.69) is 5.43 Å². The van der Waals surface area contributed by atoms with E-state index in [-0.39, 0.29) is 12.2 Å². The van der Waals surface area contributed by atoms with Gasteiger partial charge in [0.1, 0.15) is 12.2 Å². The molecule has 1 aliphatic rings. The molecule has 1 N–H and O–H groups in total. The summed E-state index contributed by atoms with van der Waals surface area (Å²) < 4.78 is 11.3. The summed E-state index contributed by atoms with van der Waals surface area (Å²) in [5.74, 6) is 0.0292. The molecule has 4 rings (SSSR count). The average molecular weight is 469 g/mol. The van der Waals surface area contributed by atoms with Gasteiger partial charge in [-0.25, -0.2) is 5.01 Å². The number of amides is 2. The van der Waals surface area contributed by atoms with Crippen LogP contribution < -0.4 is 19.9 Å². The number of nitrogens with zero attached hydrogens (tertiary/aromatic N) is 1. The van der Waals surface area contributed by atoms with Crippen LogP contribution >= 0.6 is 23.2 Å². The zero-order valence-corrected chi connectivity index (χ0v) is 18.5. The average Bonchev–Trinajstić information content (AvgIpc) is 3.07. The third-order valence-electron chi connectivity index (χ3n) is 4.80. The predicted octanol–water partition coefficient (Wildman–Crippen LogP) is 5.04. The first-order valence-corrected chi connectivity index (χ1v) is 10.4. The van der Waals surface area contributed by atoms with Crippen LogP contribution in [0.2, 0.25) is 10.0 Å². The highest BCUT2D eigenvalue weighted by Gasteiger charge is 2.34. The molecule has 3 aromatic rings. The molecular weight excluding hydrogens is 451 g/mol. The van der Waals surface area contributed by atoms with Gasteiger partial charge in [0.15, 0.2) is 11.5 Å². The van der Waals surface area contributed by atoms with Crippen LogP contribution in [0.25, 0.3) is 6.08 Å². The Bertz CT molecular complexity index is 1210. The van der Waals surface area contributed by atoms with Crippen LogP contribution in [0.15, 0.2) is 72.3 Å². The third kappa shape index (κ3) is 4.56. The van der Waals surface area contributed by atoms with E-state index < -0.39 is 11.8 Å². The molecule has 32 heavy (non-hydrogen) atoms. The topological polar surface area (TPSA) is 67.9 Å². The highest BCUT2D eigenvalue weighted by Crippen LogP contribution is 2.31. The Morgan fingerprint density at radius 2 is 1.75 bits per heavy atom. The first kappa shape index (κ1) is 21.7. The number of ether oxygens (including phenoxy) is 2. The maximum Gasteiger partial charge on any atom is 0.282 e. The van der Waals surface area contributed by atoms with Gasteiger partial charge in [0, 0.05) is 15.6 Å². The SMILES string of the molecule is COc1ccc(/C=C2\C(=O)NN(c3ccccc3)C2=O)cc1OCc1ccc(Cl)cc1Cl. The summed E-state index contributed by atoms with van der Waals surface area (Å²) in [7, 11) is 1.53. The number of halogens is 2. The van der Waals surface area contributed by atoms with Gasteiger partial charge in [-0.2, -0.15) is 0 Å². The standard InChI is InChI=1S/C24H18Cl2N2O4/c1-31-21-10-7-15(12-22(21)32-14-16-8-9-17(25)13-20(16)26)11-19-23(29)27-28(24(19)30)18-5-3-2-4-6-18/h2-13H,14H2,1H3,(H,27,29)/b19-11+. The summed E-state index contributed by atoms with van der Waals surface area (Å²) in [5, 5.41) is 2.25. The van der Waals surface area contributed by atoms with Gasteiger partial charge < -0.3 is 9.47 Å². The van der Waals surface area contributed by atoms with Gasteiger partial charge >= 0.3 is 0 Å². The van der Waals surface area contributed by atoms with E-state index in [0.29, 0.717) is 32.8 Å². The lowest BCUT2D eigenvalue weighted by molar-refractivity contribution is -0.117. The minimum absolute atomic E-state index is 0.0192. The van der Waals surface area contributed by atoms with Crippen molar-refractivity contribution in [1.82, 2.24) is 5.43 Å². The van der Waals surface area contributed by atoms with E-state index in [4.69, 9.17) is 32.7 Å². The molecule has 0 atom stereocenters. The molecule has 1 fully saturated rings. The van der Waals surface area contributed by atoms with Crippen molar-refractivity contribution in [2.45, 2.75) is 6.61 Å². The van der Waals surface area contributed by atoms with Crippen molar-refractivity contribution in [2.24, 2.45) is 0 Å². The molecule has 1 heterocycles. The van der Waals surface area contributed by atoms with E-state index in [1.54, 1.807) is 60.7 Å². The zero-order valence-electron chi connectivity index (χ0n) is 17.0. The van der Waals surface area contributed by atoms with E-state index in [1.165, 1.54) is 18.2 Å². The second-order valence-corrected chi connectivity index (χ2v) is 7.75. The summed E-state index contributed by atoms with van der Waals surface area (Å²) in [6, 6.07) is 19.2. The minimum Gasteiger partial charge on any atom is -0.493 e. The molecule has 0 aliphatic carbocycles. The number of carbonyl (C=O) groups is 2. The van der Waals surface area contributed by atoms with Crippen LogP contribution in [0.3, 0.4) is 0 Å². The molecule has 2 amide bonds. The van der Waals surface area contributed by atoms with E-state index >= 15 is 0 Å². The fraction of sp³-hybridized carbons (Fsp3) is 0.0833. The normalized spacial score (nSPS) is 14.6. The molecule has 3 aromatic carbocycles. The van der Waals surface area contributed by atoms with Crippen molar-refractivity contribution in [2.75, 3.05) is 12.1 Å². The number of rotatable bonds is 6. The first-order valence-electron chi connectivity index (χ1n) is 9.63. The van der Waals surface area contributed by atoms with Crippen molar-refractivity contribution in [3.63, 3.8) is 0 Å². The highest BCUT2D eigenvalue weighted by molar-refractivity contribution is 6.35. The van der Waals surface area contributed by atoms with Crippen molar-refractivity contribution < 1.29 is 19.1 Å². The maximum absolute atomic E-state index is 12.8. The molecule has 0 unspecified atom stereocenters. The van der Waals surface area contributed by atoms with Crippen LogP contribution in [-0.4, -0.2) is 18.9 Å². The molecule has 8 heteroatoms. The third-order valence-corrected chi connectivity index (χ3v) is 5.39.